The first-order valence-corrected chi connectivity index (χ1v) is 20.6. The van der Waals surface area contributed by atoms with Crippen molar-refractivity contribution in [1.82, 2.24) is 4.57 Å². The van der Waals surface area contributed by atoms with Crippen LogP contribution in [0.5, 0.6) is 0 Å². The van der Waals surface area contributed by atoms with Crippen molar-refractivity contribution in [2.45, 2.75) is 162 Å². The Kier molecular flexibility index (Phi) is 11.6. The molecule has 4 aromatic carbocycles. The van der Waals surface area contributed by atoms with Crippen molar-refractivity contribution in [1.29, 1.82) is 0 Å². The topological polar surface area (TPSA) is 4.93 Å². The van der Waals surface area contributed by atoms with Gasteiger partial charge in [-0.15, -0.1) is 0 Å². The van der Waals surface area contributed by atoms with Crippen LogP contribution in [0.4, 0.5) is 0 Å². The van der Waals surface area contributed by atoms with Gasteiger partial charge in [0.2, 0.25) is 0 Å². The van der Waals surface area contributed by atoms with Gasteiger partial charge in [0, 0.05) is 33.8 Å². The fourth-order valence-electron chi connectivity index (χ4n) is 9.12. The van der Waals surface area contributed by atoms with Crippen molar-refractivity contribution in [3.05, 3.63) is 95.1 Å². The van der Waals surface area contributed by atoms with Crippen LogP contribution in [0.15, 0.2) is 72.8 Å². The summed E-state index contributed by atoms with van der Waals surface area (Å²) in [6, 6.07) is 29.4. The van der Waals surface area contributed by atoms with E-state index in [4.69, 9.17) is 0 Å². The molecular formula is C49H65N. The van der Waals surface area contributed by atoms with Crippen LogP contribution in [0.1, 0.15) is 160 Å². The largest absolute Gasteiger partial charge is 0.341 e. The Hall–Kier alpha value is -3.32. The number of rotatable bonds is 18. The summed E-state index contributed by atoms with van der Waals surface area (Å²) in [5.41, 5.74) is 14.7. The molecule has 0 amide bonds. The van der Waals surface area contributed by atoms with E-state index in [1.54, 1.807) is 11.1 Å². The normalized spacial score (nSPS) is 13.7. The second-order valence-corrected chi connectivity index (χ2v) is 16.4. The third kappa shape index (κ3) is 7.09. The highest BCUT2D eigenvalue weighted by atomic mass is 15.0. The van der Waals surface area contributed by atoms with Crippen LogP contribution in [-0.2, 0) is 17.4 Å². The Morgan fingerprint density at radius 2 is 1.06 bits per heavy atom. The number of hydrogen-bond donors (Lipinski definition) is 0. The molecular weight excluding hydrogens is 603 g/mol. The summed E-state index contributed by atoms with van der Waals surface area (Å²) in [6.07, 6.45) is 19.9. The summed E-state index contributed by atoms with van der Waals surface area (Å²) >= 11 is 0. The highest BCUT2D eigenvalue weighted by Crippen LogP contribution is 2.55. The van der Waals surface area contributed by atoms with Crippen LogP contribution < -0.4 is 0 Å². The minimum Gasteiger partial charge on any atom is -0.341 e. The Bertz CT molecular complexity index is 1880. The summed E-state index contributed by atoms with van der Waals surface area (Å²) in [6.45, 7) is 17.3. The van der Waals surface area contributed by atoms with E-state index in [1.165, 1.54) is 145 Å². The maximum atomic E-state index is 2.63. The van der Waals surface area contributed by atoms with Gasteiger partial charge in [-0.2, -0.15) is 0 Å². The molecule has 0 atom stereocenters. The lowest BCUT2D eigenvalue weighted by atomic mass is 9.70. The molecule has 0 N–H and O–H groups in total. The Labute approximate surface area is 304 Å². The molecule has 266 valence electrons. The van der Waals surface area contributed by atoms with Crippen molar-refractivity contribution in [3.8, 4) is 22.3 Å². The van der Waals surface area contributed by atoms with Gasteiger partial charge in [-0.1, -0.05) is 160 Å². The first kappa shape index (κ1) is 36.5. The van der Waals surface area contributed by atoms with Gasteiger partial charge in [-0.25, -0.2) is 0 Å². The van der Waals surface area contributed by atoms with E-state index in [0.29, 0.717) is 0 Å². The van der Waals surface area contributed by atoms with Crippen LogP contribution in [0, 0.1) is 6.92 Å². The summed E-state index contributed by atoms with van der Waals surface area (Å²) in [5.74, 6) is 0. The van der Waals surface area contributed by atoms with E-state index in [2.05, 4.69) is 126 Å². The summed E-state index contributed by atoms with van der Waals surface area (Å²) in [7, 11) is 0. The lowest BCUT2D eigenvalue weighted by molar-refractivity contribution is 0.398. The zero-order chi connectivity index (χ0) is 35.3. The average molecular weight is 668 g/mol. The van der Waals surface area contributed by atoms with E-state index in [9.17, 15) is 0 Å². The molecule has 0 radical (unpaired) electrons. The van der Waals surface area contributed by atoms with E-state index in [0.717, 1.165) is 13.0 Å². The standard InChI is InChI=1S/C49H65N/c1-8-12-14-16-18-20-30-49(31-21-19-17-15-13-9-2)44-32-36(5)22-26-40(44)41-27-23-38(34-45(41)49)37-24-28-46-42(33-37)43-35-39(48(6,7)10-3)25-29-47(43)50(46)11-4/h22-29,32-35H,8-21,30-31H2,1-7H3. The Balaban J connectivity index is 1.44. The second kappa shape index (κ2) is 15.9. The molecule has 0 unspecified atom stereocenters. The van der Waals surface area contributed by atoms with Gasteiger partial charge in [-0.3, -0.25) is 0 Å². The number of benzene rings is 4. The third-order valence-corrected chi connectivity index (χ3v) is 12.6. The molecule has 1 heterocycles. The van der Waals surface area contributed by atoms with Crippen LogP contribution in [0.3, 0.4) is 0 Å². The fraction of sp³-hybridized carbons (Fsp3) is 0.510. The van der Waals surface area contributed by atoms with Crippen molar-refractivity contribution >= 4 is 21.8 Å². The molecule has 5 aromatic rings. The highest BCUT2D eigenvalue weighted by molar-refractivity contribution is 6.09. The van der Waals surface area contributed by atoms with E-state index >= 15 is 0 Å². The molecule has 0 bridgehead atoms. The number of unbranched alkanes of at least 4 members (excludes halogenated alkanes) is 10. The predicted molar refractivity (Wildman–Crippen MR) is 221 cm³/mol. The van der Waals surface area contributed by atoms with Crippen LogP contribution in [0.2, 0.25) is 0 Å². The van der Waals surface area contributed by atoms with Crippen molar-refractivity contribution < 1.29 is 0 Å². The first-order valence-electron chi connectivity index (χ1n) is 20.6. The summed E-state index contributed by atoms with van der Waals surface area (Å²) in [5, 5.41) is 2.78. The Morgan fingerprint density at radius 3 is 1.68 bits per heavy atom. The van der Waals surface area contributed by atoms with Gasteiger partial charge in [0.15, 0.2) is 0 Å². The molecule has 0 fully saturated rings. The predicted octanol–water partition coefficient (Wildman–Crippen LogP) is 15.2. The van der Waals surface area contributed by atoms with Gasteiger partial charge < -0.3 is 4.57 Å². The smallest absolute Gasteiger partial charge is 0.0491 e. The number of fused-ring (bicyclic) bond motifs is 6. The van der Waals surface area contributed by atoms with Crippen molar-refractivity contribution in [2.75, 3.05) is 0 Å². The molecule has 1 heteroatoms. The van der Waals surface area contributed by atoms with Crippen molar-refractivity contribution in [3.63, 3.8) is 0 Å². The molecule has 1 aliphatic rings. The minimum absolute atomic E-state index is 0.102. The maximum Gasteiger partial charge on any atom is 0.0491 e. The molecule has 0 saturated heterocycles. The average Bonchev–Trinajstić information content (AvgIpc) is 3.59. The molecule has 6 rings (SSSR count). The first-order chi connectivity index (χ1) is 24.3. The third-order valence-electron chi connectivity index (χ3n) is 12.6. The maximum absolute atomic E-state index is 2.63. The lowest BCUT2D eigenvalue weighted by Crippen LogP contribution is -2.25. The fourth-order valence-corrected chi connectivity index (χ4v) is 9.12. The molecule has 1 nitrogen and oxygen atoms in total. The van der Waals surface area contributed by atoms with Crippen LogP contribution in [-0.4, -0.2) is 4.57 Å². The Morgan fingerprint density at radius 1 is 0.540 bits per heavy atom. The molecule has 0 spiro atoms. The molecule has 50 heavy (non-hydrogen) atoms. The number of aryl methyl sites for hydroxylation is 2. The number of hydrogen-bond acceptors (Lipinski definition) is 0. The molecule has 0 saturated carbocycles. The lowest BCUT2D eigenvalue weighted by Gasteiger charge is -2.33. The number of aromatic nitrogens is 1. The molecule has 1 aliphatic carbocycles. The number of nitrogens with zero attached hydrogens (tertiary/aromatic N) is 1. The minimum atomic E-state index is 0.102. The van der Waals surface area contributed by atoms with Gasteiger partial charge in [0.25, 0.3) is 0 Å². The van der Waals surface area contributed by atoms with Gasteiger partial charge in [0.05, 0.1) is 0 Å². The van der Waals surface area contributed by atoms with E-state index in [1.807, 2.05) is 0 Å². The summed E-state index contributed by atoms with van der Waals surface area (Å²) in [4.78, 5) is 0. The zero-order valence-electron chi connectivity index (χ0n) is 32.7. The van der Waals surface area contributed by atoms with Gasteiger partial charge >= 0.3 is 0 Å². The molecule has 1 aromatic heterocycles. The van der Waals surface area contributed by atoms with E-state index < -0.39 is 0 Å². The van der Waals surface area contributed by atoms with Crippen molar-refractivity contribution in [2.24, 2.45) is 0 Å². The highest BCUT2D eigenvalue weighted by Gasteiger charge is 2.42. The summed E-state index contributed by atoms with van der Waals surface area (Å²) < 4.78 is 2.50. The van der Waals surface area contributed by atoms with E-state index in [-0.39, 0.29) is 10.8 Å². The second-order valence-electron chi connectivity index (χ2n) is 16.4. The van der Waals surface area contributed by atoms with Gasteiger partial charge in [0.1, 0.15) is 0 Å². The zero-order valence-corrected chi connectivity index (χ0v) is 32.7. The monoisotopic (exact) mass is 668 g/mol. The quantitative estimate of drug-likeness (QED) is 0.0820. The van der Waals surface area contributed by atoms with Crippen LogP contribution >= 0.6 is 0 Å². The van der Waals surface area contributed by atoms with Crippen LogP contribution in [0.25, 0.3) is 44.1 Å². The molecule has 0 aliphatic heterocycles. The SMILES string of the molecule is CCCCCCCCC1(CCCCCCCC)c2cc(C)ccc2-c2ccc(-c3ccc4c(c3)c3cc(C(C)(C)CC)ccc3n4CC)cc21. The van der Waals surface area contributed by atoms with Gasteiger partial charge in [-0.05, 0) is 108 Å².